The summed E-state index contributed by atoms with van der Waals surface area (Å²) in [5, 5.41) is 0. The summed E-state index contributed by atoms with van der Waals surface area (Å²) in [4.78, 5) is 12.3. The lowest BCUT2D eigenvalue weighted by Gasteiger charge is -2.08. The molecule has 0 N–H and O–H groups in total. The summed E-state index contributed by atoms with van der Waals surface area (Å²) in [6, 6.07) is 7.20. The second-order valence-electron chi connectivity index (χ2n) is 4.35. The number of rotatable bonds is 2. The van der Waals surface area contributed by atoms with Crippen LogP contribution in [0.25, 0.3) is 0 Å². The van der Waals surface area contributed by atoms with E-state index in [9.17, 15) is 13.6 Å². The highest BCUT2D eigenvalue weighted by Crippen LogP contribution is 2.24. The molecule has 0 aliphatic carbocycles. The molecular formula is C15H11BrF2O. The molecule has 0 radical (unpaired) electrons. The van der Waals surface area contributed by atoms with E-state index in [1.807, 2.05) is 0 Å². The van der Waals surface area contributed by atoms with Crippen LogP contribution in [0.15, 0.2) is 34.8 Å². The van der Waals surface area contributed by atoms with Crippen molar-refractivity contribution in [1.82, 2.24) is 0 Å². The molecule has 4 heteroatoms. The van der Waals surface area contributed by atoms with E-state index in [1.165, 1.54) is 24.3 Å². The van der Waals surface area contributed by atoms with Crippen molar-refractivity contribution in [3.05, 3.63) is 68.7 Å². The summed E-state index contributed by atoms with van der Waals surface area (Å²) in [6.45, 7) is 3.16. The first-order valence-electron chi connectivity index (χ1n) is 5.67. The molecule has 98 valence electrons. The van der Waals surface area contributed by atoms with E-state index >= 15 is 0 Å². The molecule has 2 rings (SSSR count). The molecule has 0 fully saturated rings. The molecule has 0 aliphatic rings. The van der Waals surface area contributed by atoms with Gasteiger partial charge in [-0.3, -0.25) is 4.79 Å². The number of halogens is 3. The maximum atomic E-state index is 13.7. The van der Waals surface area contributed by atoms with Crippen molar-refractivity contribution in [2.24, 2.45) is 0 Å². The van der Waals surface area contributed by atoms with E-state index in [0.717, 1.165) is 0 Å². The number of carbonyl (C=O) groups is 1. The summed E-state index contributed by atoms with van der Waals surface area (Å²) in [5.41, 5.74) is 0.988. The fraction of sp³-hybridized carbons (Fsp3) is 0.133. The maximum Gasteiger partial charge on any atom is 0.197 e. The zero-order valence-corrected chi connectivity index (χ0v) is 12.0. The van der Waals surface area contributed by atoms with Gasteiger partial charge < -0.3 is 0 Å². The molecule has 0 bridgehead atoms. The maximum absolute atomic E-state index is 13.7. The lowest BCUT2D eigenvalue weighted by atomic mass is 9.98. The van der Waals surface area contributed by atoms with Crippen LogP contribution >= 0.6 is 15.9 Å². The van der Waals surface area contributed by atoms with Gasteiger partial charge in [0.25, 0.3) is 0 Å². The van der Waals surface area contributed by atoms with Crippen LogP contribution in [0.1, 0.15) is 27.0 Å². The van der Waals surface area contributed by atoms with Crippen LogP contribution in [0, 0.1) is 25.5 Å². The molecule has 19 heavy (non-hydrogen) atoms. The SMILES string of the molecule is Cc1cc(C(=O)c2c(F)cccc2Br)cc(C)c1F. The number of carbonyl (C=O) groups excluding carboxylic acids is 1. The van der Waals surface area contributed by atoms with Crippen LogP contribution in [0.3, 0.4) is 0 Å². The Kier molecular flexibility index (Phi) is 3.80. The monoisotopic (exact) mass is 324 g/mol. The van der Waals surface area contributed by atoms with E-state index in [2.05, 4.69) is 15.9 Å². The number of aryl methyl sites for hydroxylation is 2. The van der Waals surface area contributed by atoms with Crippen molar-refractivity contribution >= 4 is 21.7 Å². The van der Waals surface area contributed by atoms with Gasteiger partial charge in [0, 0.05) is 10.0 Å². The molecule has 2 aromatic carbocycles. The zero-order valence-electron chi connectivity index (χ0n) is 10.4. The highest BCUT2D eigenvalue weighted by molar-refractivity contribution is 9.10. The Morgan fingerprint density at radius 3 is 2.21 bits per heavy atom. The quantitative estimate of drug-likeness (QED) is 0.739. The van der Waals surface area contributed by atoms with Gasteiger partial charge in [0.15, 0.2) is 5.78 Å². The van der Waals surface area contributed by atoms with Gasteiger partial charge in [-0.05, 0) is 65.2 Å². The molecular weight excluding hydrogens is 314 g/mol. The van der Waals surface area contributed by atoms with Gasteiger partial charge in [0.05, 0.1) is 5.56 Å². The first-order valence-corrected chi connectivity index (χ1v) is 6.46. The number of benzene rings is 2. The second-order valence-corrected chi connectivity index (χ2v) is 5.20. The van der Waals surface area contributed by atoms with E-state index in [4.69, 9.17) is 0 Å². The van der Waals surface area contributed by atoms with E-state index in [0.29, 0.717) is 15.6 Å². The van der Waals surface area contributed by atoms with Crippen LogP contribution in [-0.2, 0) is 0 Å². The summed E-state index contributed by atoms with van der Waals surface area (Å²) in [7, 11) is 0. The number of hydrogen-bond donors (Lipinski definition) is 0. The van der Waals surface area contributed by atoms with Gasteiger partial charge in [0.2, 0.25) is 0 Å². The minimum atomic E-state index is -0.598. The Bertz CT molecular complexity index is 622. The highest BCUT2D eigenvalue weighted by Gasteiger charge is 2.18. The van der Waals surface area contributed by atoms with Gasteiger partial charge in [-0.2, -0.15) is 0 Å². The molecule has 1 nitrogen and oxygen atoms in total. The first kappa shape index (κ1) is 13.9. The molecule has 0 unspecified atom stereocenters. The molecule has 0 saturated heterocycles. The first-order chi connectivity index (χ1) is 8.91. The molecule has 0 atom stereocenters. The fourth-order valence-electron chi connectivity index (χ4n) is 1.94. The molecule has 0 aliphatic heterocycles. The second kappa shape index (κ2) is 5.21. The average Bonchev–Trinajstić information content (AvgIpc) is 2.35. The lowest BCUT2D eigenvalue weighted by molar-refractivity contribution is 0.103. The third kappa shape index (κ3) is 2.59. The topological polar surface area (TPSA) is 17.1 Å². The van der Waals surface area contributed by atoms with Crippen molar-refractivity contribution in [3.8, 4) is 0 Å². The van der Waals surface area contributed by atoms with Crippen molar-refractivity contribution in [2.75, 3.05) is 0 Å². The minimum absolute atomic E-state index is 0.0343. The largest absolute Gasteiger partial charge is 0.288 e. The van der Waals surface area contributed by atoms with Crippen molar-refractivity contribution < 1.29 is 13.6 Å². The Hall–Kier alpha value is -1.55. The molecule has 0 saturated carbocycles. The zero-order chi connectivity index (χ0) is 14.2. The normalized spacial score (nSPS) is 10.6. The van der Waals surface area contributed by atoms with Crippen LogP contribution in [0.4, 0.5) is 8.78 Å². The van der Waals surface area contributed by atoms with Crippen LogP contribution in [-0.4, -0.2) is 5.78 Å². The minimum Gasteiger partial charge on any atom is -0.288 e. The third-order valence-corrected chi connectivity index (χ3v) is 3.55. The molecule has 2 aromatic rings. The summed E-state index contributed by atoms with van der Waals surface area (Å²) >= 11 is 3.16. The Labute approximate surface area is 118 Å². The third-order valence-electron chi connectivity index (χ3n) is 2.89. The molecule has 0 heterocycles. The Balaban J connectivity index is 2.57. The van der Waals surface area contributed by atoms with Crippen molar-refractivity contribution in [1.29, 1.82) is 0 Å². The standard InChI is InChI=1S/C15H11BrF2O/c1-8-6-10(7-9(2)14(8)18)15(19)13-11(16)4-3-5-12(13)17/h3-7H,1-2H3. The van der Waals surface area contributed by atoms with Gasteiger partial charge in [-0.15, -0.1) is 0 Å². The predicted octanol–water partition coefficient (Wildman–Crippen LogP) is 4.58. The van der Waals surface area contributed by atoms with Crippen LogP contribution in [0.2, 0.25) is 0 Å². The number of ketones is 1. The molecule has 0 amide bonds. The van der Waals surface area contributed by atoms with Gasteiger partial charge >= 0.3 is 0 Å². The van der Waals surface area contributed by atoms with Crippen LogP contribution < -0.4 is 0 Å². The van der Waals surface area contributed by atoms with Gasteiger partial charge in [-0.1, -0.05) is 6.07 Å². The Morgan fingerprint density at radius 2 is 1.68 bits per heavy atom. The molecule has 0 spiro atoms. The fourth-order valence-corrected chi connectivity index (χ4v) is 2.46. The van der Waals surface area contributed by atoms with Crippen molar-refractivity contribution in [2.45, 2.75) is 13.8 Å². The lowest BCUT2D eigenvalue weighted by Crippen LogP contribution is -2.07. The molecule has 0 aromatic heterocycles. The van der Waals surface area contributed by atoms with Gasteiger partial charge in [-0.25, -0.2) is 8.78 Å². The van der Waals surface area contributed by atoms with E-state index in [1.54, 1.807) is 19.9 Å². The smallest absolute Gasteiger partial charge is 0.197 e. The predicted molar refractivity (Wildman–Crippen MR) is 73.4 cm³/mol. The van der Waals surface area contributed by atoms with E-state index in [-0.39, 0.29) is 16.9 Å². The Morgan fingerprint density at radius 1 is 1.11 bits per heavy atom. The number of hydrogen-bond acceptors (Lipinski definition) is 1. The highest BCUT2D eigenvalue weighted by atomic mass is 79.9. The van der Waals surface area contributed by atoms with Crippen LogP contribution in [0.5, 0.6) is 0 Å². The van der Waals surface area contributed by atoms with E-state index < -0.39 is 11.6 Å². The van der Waals surface area contributed by atoms with Gasteiger partial charge in [0.1, 0.15) is 11.6 Å². The van der Waals surface area contributed by atoms with Crippen molar-refractivity contribution in [3.63, 3.8) is 0 Å². The summed E-state index contributed by atoms with van der Waals surface area (Å²) < 4.78 is 27.7. The average molecular weight is 325 g/mol. The summed E-state index contributed by atoms with van der Waals surface area (Å²) in [6.07, 6.45) is 0. The summed E-state index contributed by atoms with van der Waals surface area (Å²) in [5.74, 6) is -1.40.